The van der Waals surface area contributed by atoms with Crippen LogP contribution in [0.4, 0.5) is 0 Å². The summed E-state index contributed by atoms with van der Waals surface area (Å²) >= 11 is 0. The van der Waals surface area contributed by atoms with E-state index in [0.29, 0.717) is 31.3 Å². The van der Waals surface area contributed by atoms with Gasteiger partial charge in [0.1, 0.15) is 19.3 Å². The van der Waals surface area contributed by atoms with E-state index in [1.807, 2.05) is 25.1 Å². The number of hydrogen-bond donors (Lipinski definition) is 2. The van der Waals surface area contributed by atoms with Crippen LogP contribution in [0, 0.1) is 5.92 Å². The molecule has 2 N–H and O–H groups in total. The first kappa shape index (κ1) is 29.8. The van der Waals surface area contributed by atoms with E-state index in [2.05, 4.69) is 17.1 Å². The number of aliphatic hydroxyl groups is 1. The van der Waals surface area contributed by atoms with Crippen molar-refractivity contribution in [3.05, 3.63) is 23.8 Å². The minimum absolute atomic E-state index is 0.0490. The number of carbonyl (C=O) groups excluding carboxylic acids is 1. The predicted molar refractivity (Wildman–Crippen MR) is 150 cm³/mol. The summed E-state index contributed by atoms with van der Waals surface area (Å²) in [6.07, 6.45) is 16.9. The van der Waals surface area contributed by atoms with Crippen molar-refractivity contribution in [2.45, 2.75) is 116 Å². The third kappa shape index (κ3) is 10.5. The van der Waals surface area contributed by atoms with E-state index in [9.17, 15) is 9.90 Å². The molecule has 2 heterocycles. The van der Waals surface area contributed by atoms with Crippen LogP contribution in [0.3, 0.4) is 0 Å². The molecule has 1 fully saturated rings. The summed E-state index contributed by atoms with van der Waals surface area (Å²) in [6.45, 7) is 8.05. The summed E-state index contributed by atoms with van der Waals surface area (Å²) in [6, 6.07) is 5.25. The Morgan fingerprint density at radius 2 is 1.51 bits per heavy atom. The van der Waals surface area contributed by atoms with E-state index < -0.39 is 6.10 Å². The SMILES string of the molecule is CCCCCCCCCCCCCC(C)C(=O)N[C@H](CN1CCCC1)[C@H](O)c1ccc2c(c1)OCCO2. The van der Waals surface area contributed by atoms with Crippen LogP contribution in [0.25, 0.3) is 0 Å². The van der Waals surface area contributed by atoms with E-state index in [1.54, 1.807) is 0 Å². The molecule has 0 spiro atoms. The molecule has 0 radical (unpaired) electrons. The number of unbranched alkanes of at least 4 members (excludes halogenated alkanes) is 10. The van der Waals surface area contributed by atoms with Gasteiger partial charge in [0.25, 0.3) is 0 Å². The second-order valence-electron chi connectivity index (χ2n) is 11.2. The van der Waals surface area contributed by atoms with Gasteiger partial charge in [0, 0.05) is 12.5 Å². The van der Waals surface area contributed by atoms with E-state index >= 15 is 0 Å². The molecule has 0 bridgehead atoms. The maximum atomic E-state index is 13.1. The zero-order valence-electron chi connectivity index (χ0n) is 23.5. The van der Waals surface area contributed by atoms with Gasteiger partial charge in [-0.15, -0.1) is 0 Å². The lowest BCUT2D eigenvalue weighted by molar-refractivity contribution is -0.126. The molecule has 0 aliphatic carbocycles. The Morgan fingerprint density at radius 1 is 0.919 bits per heavy atom. The largest absolute Gasteiger partial charge is 0.486 e. The summed E-state index contributed by atoms with van der Waals surface area (Å²) < 4.78 is 11.3. The van der Waals surface area contributed by atoms with E-state index in [1.165, 1.54) is 77.0 Å². The molecule has 3 rings (SSSR count). The first-order valence-corrected chi connectivity index (χ1v) is 15.2. The molecule has 2 aliphatic heterocycles. The highest BCUT2D eigenvalue weighted by atomic mass is 16.6. The van der Waals surface area contributed by atoms with Crippen molar-refractivity contribution in [1.82, 2.24) is 10.2 Å². The molecule has 0 aromatic heterocycles. The highest BCUT2D eigenvalue weighted by Crippen LogP contribution is 2.33. The van der Waals surface area contributed by atoms with Crippen molar-refractivity contribution < 1.29 is 19.4 Å². The Bertz CT molecular complexity index is 780. The van der Waals surface area contributed by atoms with Gasteiger partial charge < -0.3 is 24.8 Å². The van der Waals surface area contributed by atoms with Crippen LogP contribution in [0.15, 0.2) is 18.2 Å². The summed E-state index contributed by atoms with van der Waals surface area (Å²) in [7, 11) is 0. The standard InChI is InChI=1S/C31H52N2O4/c1-3-4-5-6-7-8-9-10-11-12-13-16-25(2)31(35)32-27(24-33-19-14-15-20-33)30(34)26-17-18-28-29(23-26)37-22-21-36-28/h17-18,23,25,27,30,34H,3-16,19-22,24H2,1-2H3,(H,32,35)/t25?,27-,30-/m1/s1. The van der Waals surface area contributed by atoms with Crippen LogP contribution >= 0.6 is 0 Å². The maximum absolute atomic E-state index is 13.1. The smallest absolute Gasteiger partial charge is 0.223 e. The zero-order chi connectivity index (χ0) is 26.3. The highest BCUT2D eigenvalue weighted by molar-refractivity contribution is 5.78. The van der Waals surface area contributed by atoms with Crippen LogP contribution in [-0.2, 0) is 4.79 Å². The normalized spacial score (nSPS) is 17.9. The lowest BCUT2D eigenvalue weighted by Crippen LogP contribution is -2.48. The van der Waals surface area contributed by atoms with Gasteiger partial charge in [0.2, 0.25) is 5.91 Å². The molecule has 6 nitrogen and oxygen atoms in total. The molecular formula is C31H52N2O4. The van der Waals surface area contributed by atoms with Gasteiger partial charge in [-0.3, -0.25) is 4.79 Å². The molecule has 3 atom stereocenters. The van der Waals surface area contributed by atoms with Crippen molar-refractivity contribution in [3.8, 4) is 11.5 Å². The minimum atomic E-state index is -0.797. The number of nitrogens with zero attached hydrogens (tertiary/aromatic N) is 1. The monoisotopic (exact) mass is 516 g/mol. The third-order valence-corrected chi connectivity index (χ3v) is 7.96. The van der Waals surface area contributed by atoms with E-state index in [-0.39, 0.29) is 17.9 Å². The van der Waals surface area contributed by atoms with Gasteiger partial charge in [-0.25, -0.2) is 0 Å². The maximum Gasteiger partial charge on any atom is 0.223 e. The van der Waals surface area contributed by atoms with Gasteiger partial charge in [0.15, 0.2) is 11.5 Å². The average Bonchev–Trinajstić information content (AvgIpc) is 3.43. The van der Waals surface area contributed by atoms with Crippen molar-refractivity contribution in [1.29, 1.82) is 0 Å². The number of aliphatic hydroxyl groups excluding tert-OH is 1. The van der Waals surface area contributed by atoms with Crippen molar-refractivity contribution in [3.63, 3.8) is 0 Å². The molecule has 1 amide bonds. The molecule has 37 heavy (non-hydrogen) atoms. The van der Waals surface area contributed by atoms with Gasteiger partial charge in [-0.05, 0) is 50.0 Å². The second kappa shape index (κ2) is 16.9. The van der Waals surface area contributed by atoms with Gasteiger partial charge in [0.05, 0.1) is 6.04 Å². The number of amides is 1. The number of nitrogens with one attached hydrogen (secondary N) is 1. The summed E-state index contributed by atoms with van der Waals surface area (Å²) in [5, 5.41) is 14.5. The Hall–Kier alpha value is -1.79. The molecule has 1 aromatic carbocycles. The number of benzene rings is 1. The fourth-order valence-electron chi connectivity index (χ4n) is 5.51. The molecular weight excluding hydrogens is 464 g/mol. The van der Waals surface area contributed by atoms with E-state index in [0.717, 1.165) is 31.5 Å². The van der Waals surface area contributed by atoms with Crippen LogP contribution in [-0.4, -0.2) is 54.8 Å². The minimum Gasteiger partial charge on any atom is -0.486 e. The molecule has 1 aromatic rings. The summed E-state index contributed by atoms with van der Waals surface area (Å²) in [5.41, 5.74) is 0.756. The number of hydrogen-bond acceptors (Lipinski definition) is 5. The second-order valence-corrected chi connectivity index (χ2v) is 11.2. The van der Waals surface area contributed by atoms with Crippen molar-refractivity contribution in [2.75, 3.05) is 32.8 Å². The fraction of sp³-hybridized carbons (Fsp3) is 0.774. The predicted octanol–water partition coefficient (Wildman–Crippen LogP) is 6.41. The third-order valence-electron chi connectivity index (χ3n) is 7.96. The van der Waals surface area contributed by atoms with Crippen LogP contribution < -0.4 is 14.8 Å². The number of fused-ring (bicyclic) bond motifs is 1. The van der Waals surface area contributed by atoms with E-state index in [4.69, 9.17) is 9.47 Å². The van der Waals surface area contributed by atoms with Crippen LogP contribution in [0.5, 0.6) is 11.5 Å². The van der Waals surface area contributed by atoms with Gasteiger partial charge in [-0.2, -0.15) is 0 Å². The molecule has 6 heteroatoms. The Morgan fingerprint density at radius 3 is 2.16 bits per heavy atom. The summed E-state index contributed by atoms with van der Waals surface area (Å²) in [5.74, 6) is 1.38. The van der Waals surface area contributed by atoms with Gasteiger partial charge in [-0.1, -0.05) is 90.5 Å². The fourth-order valence-corrected chi connectivity index (χ4v) is 5.51. The Balaban J connectivity index is 1.41. The quantitative estimate of drug-likeness (QED) is 0.221. The molecule has 0 saturated carbocycles. The summed E-state index contributed by atoms with van der Waals surface area (Å²) in [4.78, 5) is 15.5. The Kier molecular flexibility index (Phi) is 13.6. The van der Waals surface area contributed by atoms with Crippen LogP contribution in [0.1, 0.15) is 115 Å². The molecule has 2 aliphatic rings. The number of ether oxygens (including phenoxy) is 2. The highest BCUT2D eigenvalue weighted by Gasteiger charge is 2.29. The lowest BCUT2D eigenvalue weighted by Gasteiger charge is -2.30. The first-order valence-electron chi connectivity index (χ1n) is 15.2. The van der Waals surface area contributed by atoms with Crippen LogP contribution in [0.2, 0.25) is 0 Å². The number of rotatable bonds is 18. The first-order chi connectivity index (χ1) is 18.1. The average molecular weight is 517 g/mol. The van der Waals surface area contributed by atoms with Crippen molar-refractivity contribution in [2.24, 2.45) is 5.92 Å². The Labute approximate surface area is 225 Å². The molecule has 210 valence electrons. The topological polar surface area (TPSA) is 71.0 Å². The zero-order valence-corrected chi connectivity index (χ0v) is 23.5. The van der Waals surface area contributed by atoms with Crippen molar-refractivity contribution >= 4 is 5.91 Å². The van der Waals surface area contributed by atoms with Gasteiger partial charge >= 0.3 is 0 Å². The number of carbonyl (C=O) groups is 1. The lowest BCUT2D eigenvalue weighted by atomic mass is 9.98. The number of likely N-dealkylation sites (tertiary alicyclic amines) is 1. The molecule has 1 saturated heterocycles. The molecule has 1 unspecified atom stereocenters.